The van der Waals surface area contributed by atoms with Crippen LogP contribution in [0.2, 0.25) is 0 Å². The highest BCUT2D eigenvalue weighted by atomic mass is 19.4. The maximum atomic E-state index is 13.5. The minimum Gasteiger partial charge on any atom is -0.446 e. The van der Waals surface area contributed by atoms with Gasteiger partial charge >= 0.3 is 6.36 Å². The van der Waals surface area contributed by atoms with E-state index in [1.54, 1.807) is 66.6 Å². The molecule has 1 aromatic heterocycles. The minimum absolute atomic E-state index is 0.112. The highest BCUT2D eigenvalue weighted by Gasteiger charge is 2.34. The molecule has 4 atom stereocenters. The van der Waals surface area contributed by atoms with Gasteiger partial charge in [-0.05, 0) is 68.1 Å². The Hall–Kier alpha value is -4.68. The normalized spacial score (nSPS) is 16.9. The monoisotopic (exact) mass is 636 g/mol. The fourth-order valence-corrected chi connectivity index (χ4v) is 5.59. The number of nitrogens with one attached hydrogen (secondary N) is 2. The average Bonchev–Trinajstić information content (AvgIpc) is 3.70. The highest BCUT2D eigenvalue weighted by molar-refractivity contribution is 6.00. The van der Waals surface area contributed by atoms with Gasteiger partial charge in [0.1, 0.15) is 18.1 Å². The number of hydrogen-bond donors (Lipinski definition) is 3. The third kappa shape index (κ3) is 8.12. The van der Waals surface area contributed by atoms with Crippen LogP contribution in [0.5, 0.6) is 5.75 Å². The van der Waals surface area contributed by atoms with Gasteiger partial charge in [-0.25, -0.2) is 4.98 Å². The topological polar surface area (TPSA) is 117 Å². The number of aromatic nitrogens is 1. The molecule has 2 amide bonds. The number of aryl methyl sites for hydroxylation is 1. The summed E-state index contributed by atoms with van der Waals surface area (Å²) in [4.78, 5) is 32.9. The van der Waals surface area contributed by atoms with Gasteiger partial charge in [-0.1, -0.05) is 48.5 Å². The van der Waals surface area contributed by atoms with Crippen molar-refractivity contribution in [1.29, 1.82) is 0 Å². The van der Waals surface area contributed by atoms with Gasteiger partial charge in [-0.3, -0.25) is 9.59 Å². The van der Waals surface area contributed by atoms with E-state index in [-0.39, 0.29) is 29.8 Å². The summed E-state index contributed by atoms with van der Waals surface area (Å²) in [7, 11) is 0. The Bertz CT molecular complexity index is 1650. The van der Waals surface area contributed by atoms with Crippen molar-refractivity contribution in [3.8, 4) is 5.75 Å². The first-order chi connectivity index (χ1) is 22.0. The van der Waals surface area contributed by atoms with E-state index in [1.165, 1.54) is 24.3 Å². The Morgan fingerprint density at radius 3 is 2.52 bits per heavy atom. The van der Waals surface area contributed by atoms with E-state index in [4.69, 9.17) is 4.42 Å². The molecular weight excluding hydrogens is 601 g/mol. The van der Waals surface area contributed by atoms with Gasteiger partial charge in [0, 0.05) is 24.2 Å². The van der Waals surface area contributed by atoms with Crippen LogP contribution in [0.1, 0.15) is 75.3 Å². The predicted molar refractivity (Wildman–Crippen MR) is 163 cm³/mol. The molecule has 0 saturated carbocycles. The summed E-state index contributed by atoms with van der Waals surface area (Å²) in [5, 5.41) is 17.4. The molecule has 0 bridgehead atoms. The van der Waals surface area contributed by atoms with Crippen LogP contribution in [0, 0.1) is 6.92 Å². The first kappa shape index (κ1) is 32.7. The standard InChI is InChI=1S/C34H35F3N4O5/c1-21-20-45-32(39-21)28-15-8-16-41(28)33(44)26-13-7-12-25(18-26)31(43)40-22(2)30(42)29(24-10-4-3-5-11-24)38-19-23-9-6-14-27(17-23)46-34(35,36)37/h3-7,9-14,17-18,20,22,28-30,38,42H,8,15-16,19H2,1-2H3,(H,40,43). The number of hydrogen-bond acceptors (Lipinski definition) is 7. The van der Waals surface area contributed by atoms with Gasteiger partial charge in [0.2, 0.25) is 5.89 Å². The van der Waals surface area contributed by atoms with Crippen LogP contribution in [0.15, 0.2) is 89.5 Å². The van der Waals surface area contributed by atoms with Crippen LogP contribution < -0.4 is 15.4 Å². The largest absolute Gasteiger partial charge is 0.573 e. The van der Waals surface area contributed by atoms with E-state index in [2.05, 4.69) is 20.4 Å². The van der Waals surface area contributed by atoms with Crippen molar-refractivity contribution in [2.75, 3.05) is 6.54 Å². The number of nitrogens with zero attached hydrogens (tertiary/aromatic N) is 2. The van der Waals surface area contributed by atoms with Gasteiger partial charge in [-0.2, -0.15) is 0 Å². The Morgan fingerprint density at radius 1 is 1.07 bits per heavy atom. The molecular formula is C34H35F3N4O5. The quantitative estimate of drug-likeness (QED) is 0.189. The highest BCUT2D eigenvalue weighted by Crippen LogP contribution is 2.33. The fourth-order valence-electron chi connectivity index (χ4n) is 5.59. The summed E-state index contributed by atoms with van der Waals surface area (Å²) in [5.41, 5.74) is 2.55. The van der Waals surface area contributed by atoms with Crippen LogP contribution in [-0.4, -0.2) is 51.9 Å². The Balaban J connectivity index is 1.27. The van der Waals surface area contributed by atoms with Crippen LogP contribution in [0.25, 0.3) is 0 Å². The van der Waals surface area contributed by atoms with E-state index in [1.807, 2.05) is 13.0 Å². The first-order valence-corrected chi connectivity index (χ1v) is 14.9. The van der Waals surface area contributed by atoms with E-state index in [0.717, 1.165) is 18.5 Å². The second-order valence-electron chi connectivity index (χ2n) is 11.3. The number of aliphatic hydroxyl groups is 1. The molecule has 0 aliphatic carbocycles. The number of carbonyl (C=O) groups is 2. The Morgan fingerprint density at radius 2 is 1.80 bits per heavy atom. The molecule has 5 rings (SSSR count). The lowest BCUT2D eigenvalue weighted by Crippen LogP contribution is -2.47. The molecule has 1 fully saturated rings. The summed E-state index contributed by atoms with van der Waals surface area (Å²) in [6.07, 6.45) is -2.87. The van der Waals surface area contributed by atoms with Gasteiger partial charge in [-0.15, -0.1) is 13.2 Å². The molecule has 1 aliphatic heterocycles. The van der Waals surface area contributed by atoms with Crippen molar-refractivity contribution in [1.82, 2.24) is 20.5 Å². The maximum absolute atomic E-state index is 13.5. The first-order valence-electron chi connectivity index (χ1n) is 14.9. The van der Waals surface area contributed by atoms with Crippen molar-refractivity contribution in [3.05, 3.63) is 119 Å². The number of carbonyl (C=O) groups excluding carboxylic acids is 2. The van der Waals surface area contributed by atoms with Crippen LogP contribution in [-0.2, 0) is 6.54 Å². The SMILES string of the molecule is Cc1coc(C2CCCN2C(=O)c2cccc(C(=O)NC(C)C(O)C(NCc3cccc(OC(F)(F)F)c3)c3ccccc3)c2)n1. The van der Waals surface area contributed by atoms with E-state index in [0.29, 0.717) is 29.1 Å². The van der Waals surface area contributed by atoms with E-state index >= 15 is 0 Å². The minimum atomic E-state index is -4.82. The summed E-state index contributed by atoms with van der Waals surface area (Å²) >= 11 is 0. The van der Waals surface area contributed by atoms with Crippen LogP contribution >= 0.6 is 0 Å². The molecule has 2 heterocycles. The lowest BCUT2D eigenvalue weighted by molar-refractivity contribution is -0.274. The van der Waals surface area contributed by atoms with Crippen molar-refractivity contribution in [2.45, 2.75) is 63.8 Å². The second kappa shape index (κ2) is 14.2. The van der Waals surface area contributed by atoms with Crippen LogP contribution in [0.3, 0.4) is 0 Å². The lowest BCUT2D eigenvalue weighted by Gasteiger charge is -2.30. The number of ether oxygens (including phenoxy) is 1. The smallest absolute Gasteiger partial charge is 0.446 e. The fraction of sp³-hybridized carbons (Fsp3) is 0.324. The molecule has 1 aliphatic rings. The molecule has 46 heavy (non-hydrogen) atoms. The predicted octanol–water partition coefficient (Wildman–Crippen LogP) is 5.87. The zero-order valence-electron chi connectivity index (χ0n) is 25.3. The molecule has 1 saturated heterocycles. The van der Waals surface area contributed by atoms with Gasteiger partial charge in [0.25, 0.3) is 11.8 Å². The van der Waals surface area contributed by atoms with Gasteiger partial charge in [0.15, 0.2) is 0 Å². The Labute approximate surface area is 264 Å². The van der Waals surface area contributed by atoms with Crippen molar-refractivity contribution in [2.24, 2.45) is 0 Å². The third-order valence-electron chi connectivity index (χ3n) is 7.84. The van der Waals surface area contributed by atoms with Crippen LogP contribution in [0.4, 0.5) is 13.2 Å². The van der Waals surface area contributed by atoms with Gasteiger partial charge < -0.3 is 29.8 Å². The van der Waals surface area contributed by atoms with Crippen molar-refractivity contribution >= 4 is 11.8 Å². The van der Waals surface area contributed by atoms with E-state index < -0.39 is 30.5 Å². The number of oxazole rings is 1. The molecule has 0 radical (unpaired) electrons. The number of amides is 2. The van der Waals surface area contributed by atoms with Crippen molar-refractivity contribution < 1.29 is 37.0 Å². The molecule has 3 aromatic carbocycles. The zero-order chi connectivity index (χ0) is 32.8. The number of halogens is 3. The molecule has 242 valence electrons. The van der Waals surface area contributed by atoms with Gasteiger partial charge in [0.05, 0.1) is 23.9 Å². The number of rotatable bonds is 11. The average molecular weight is 637 g/mol. The molecule has 12 heteroatoms. The molecule has 9 nitrogen and oxygen atoms in total. The summed E-state index contributed by atoms with van der Waals surface area (Å²) in [5.74, 6) is -0.577. The molecule has 3 N–H and O–H groups in total. The number of alkyl halides is 3. The van der Waals surface area contributed by atoms with Crippen molar-refractivity contribution in [3.63, 3.8) is 0 Å². The second-order valence-corrected chi connectivity index (χ2v) is 11.3. The summed E-state index contributed by atoms with van der Waals surface area (Å²) < 4.78 is 47.7. The molecule has 4 unspecified atom stereocenters. The Kier molecular flexibility index (Phi) is 10.1. The number of benzene rings is 3. The summed E-state index contributed by atoms with van der Waals surface area (Å²) in [6, 6.07) is 19.3. The third-order valence-corrected chi connectivity index (χ3v) is 7.84. The molecule has 0 spiro atoms. The number of likely N-dealkylation sites (tertiary alicyclic amines) is 1. The summed E-state index contributed by atoms with van der Waals surface area (Å²) in [6.45, 7) is 4.13. The molecule has 4 aromatic rings. The number of aliphatic hydroxyl groups excluding tert-OH is 1. The lowest BCUT2D eigenvalue weighted by atomic mass is 9.96. The van der Waals surface area contributed by atoms with E-state index in [9.17, 15) is 27.9 Å². The zero-order valence-corrected chi connectivity index (χ0v) is 25.3. The maximum Gasteiger partial charge on any atom is 0.573 e.